The number of nitrogen functional groups attached to an aromatic ring is 1. The van der Waals surface area contributed by atoms with Crippen LogP contribution in [-0.2, 0) is 0 Å². The highest BCUT2D eigenvalue weighted by atomic mass is 19.1. The van der Waals surface area contributed by atoms with Crippen molar-refractivity contribution in [1.82, 2.24) is 4.90 Å². The second-order valence-electron chi connectivity index (χ2n) is 6.46. The van der Waals surface area contributed by atoms with Crippen LogP contribution in [0.1, 0.15) is 38.5 Å². The molecule has 1 aliphatic carbocycles. The Hall–Kier alpha value is -1.29. The Kier molecular flexibility index (Phi) is 2.88. The number of anilines is 1. The van der Waals surface area contributed by atoms with E-state index in [1.165, 1.54) is 31.7 Å². The zero-order valence-electron chi connectivity index (χ0n) is 11.6. The standard InChI is InChI=1S/C16H21FN2O/c17-15-7-10(18)1-6-16(15)20-14-8-12-4-5-13(9-14)19(12)11-2-3-11/h1,6-7,11-14H,2-5,8-9,18H2/t12-,13+,14+. The molecule has 20 heavy (non-hydrogen) atoms. The Morgan fingerprint density at radius 2 is 1.70 bits per heavy atom. The zero-order valence-corrected chi connectivity index (χ0v) is 11.6. The number of hydrogen-bond donors (Lipinski definition) is 1. The van der Waals surface area contributed by atoms with Crippen LogP contribution in [0.2, 0.25) is 0 Å². The number of benzene rings is 1. The first-order chi connectivity index (χ1) is 9.70. The molecule has 2 heterocycles. The van der Waals surface area contributed by atoms with Crippen LogP contribution in [0.4, 0.5) is 10.1 Å². The fraction of sp³-hybridized carbons (Fsp3) is 0.625. The summed E-state index contributed by atoms with van der Waals surface area (Å²) in [5.41, 5.74) is 6.01. The molecule has 1 saturated carbocycles. The average Bonchev–Trinajstić information content (AvgIpc) is 3.21. The van der Waals surface area contributed by atoms with Crippen LogP contribution in [-0.4, -0.2) is 29.1 Å². The van der Waals surface area contributed by atoms with Crippen LogP contribution in [0, 0.1) is 5.82 Å². The van der Waals surface area contributed by atoms with E-state index < -0.39 is 0 Å². The van der Waals surface area contributed by atoms with Crippen LogP contribution in [0.5, 0.6) is 5.75 Å². The van der Waals surface area contributed by atoms with Crippen LogP contribution in [0.3, 0.4) is 0 Å². The normalized spacial score (nSPS) is 33.4. The van der Waals surface area contributed by atoms with Crippen LogP contribution >= 0.6 is 0 Å². The summed E-state index contributed by atoms with van der Waals surface area (Å²) < 4.78 is 19.7. The van der Waals surface area contributed by atoms with Crippen LogP contribution in [0.25, 0.3) is 0 Å². The van der Waals surface area contributed by atoms with Crippen molar-refractivity contribution in [3.8, 4) is 5.75 Å². The average molecular weight is 276 g/mol. The number of rotatable bonds is 3. The molecule has 0 amide bonds. The minimum Gasteiger partial charge on any atom is -0.487 e. The van der Waals surface area contributed by atoms with Crippen LogP contribution < -0.4 is 10.5 Å². The third kappa shape index (κ3) is 2.16. The molecule has 2 N–H and O–H groups in total. The van der Waals surface area contributed by atoms with Gasteiger partial charge in [0.05, 0.1) is 0 Å². The lowest BCUT2D eigenvalue weighted by atomic mass is 9.99. The first kappa shape index (κ1) is 12.5. The molecule has 3 atom stereocenters. The molecule has 108 valence electrons. The summed E-state index contributed by atoms with van der Waals surface area (Å²) in [6.07, 6.45) is 7.53. The van der Waals surface area contributed by atoms with Crippen molar-refractivity contribution in [3.05, 3.63) is 24.0 Å². The van der Waals surface area contributed by atoms with E-state index in [-0.39, 0.29) is 11.9 Å². The van der Waals surface area contributed by atoms with Gasteiger partial charge in [-0.1, -0.05) is 0 Å². The third-order valence-electron chi connectivity index (χ3n) is 4.96. The molecular formula is C16H21FN2O. The van der Waals surface area contributed by atoms with E-state index in [1.807, 2.05) is 0 Å². The maximum Gasteiger partial charge on any atom is 0.167 e. The number of ether oxygens (including phenoxy) is 1. The van der Waals surface area contributed by atoms with E-state index >= 15 is 0 Å². The summed E-state index contributed by atoms with van der Waals surface area (Å²) in [7, 11) is 0. The van der Waals surface area contributed by atoms with Crippen molar-refractivity contribution in [2.45, 2.75) is 62.8 Å². The first-order valence-corrected chi connectivity index (χ1v) is 7.70. The molecule has 1 aromatic rings. The van der Waals surface area contributed by atoms with E-state index in [4.69, 9.17) is 10.5 Å². The molecule has 0 spiro atoms. The van der Waals surface area contributed by atoms with Gasteiger partial charge in [-0.15, -0.1) is 0 Å². The molecule has 0 unspecified atom stereocenters. The summed E-state index contributed by atoms with van der Waals surface area (Å²) in [5, 5.41) is 0. The quantitative estimate of drug-likeness (QED) is 0.863. The van der Waals surface area contributed by atoms with Gasteiger partial charge in [-0.3, -0.25) is 4.90 Å². The Labute approximate surface area is 118 Å². The number of nitrogens with two attached hydrogens (primary N) is 1. The predicted octanol–water partition coefficient (Wildman–Crippen LogP) is 2.94. The molecule has 0 aromatic heterocycles. The Bertz CT molecular complexity index is 503. The largest absolute Gasteiger partial charge is 0.487 e. The number of fused-ring (bicyclic) bond motifs is 2. The topological polar surface area (TPSA) is 38.5 Å². The molecule has 3 fully saturated rings. The molecule has 3 nitrogen and oxygen atoms in total. The third-order valence-corrected chi connectivity index (χ3v) is 4.96. The molecular weight excluding hydrogens is 255 g/mol. The van der Waals surface area contributed by atoms with Gasteiger partial charge >= 0.3 is 0 Å². The fourth-order valence-electron chi connectivity index (χ4n) is 4.02. The van der Waals surface area contributed by atoms with Gasteiger partial charge in [0.1, 0.15) is 6.10 Å². The van der Waals surface area contributed by atoms with Gasteiger partial charge in [-0.25, -0.2) is 4.39 Å². The highest BCUT2D eigenvalue weighted by molar-refractivity contribution is 5.42. The molecule has 0 radical (unpaired) electrons. The minimum absolute atomic E-state index is 0.153. The highest BCUT2D eigenvalue weighted by Gasteiger charge is 2.47. The maximum atomic E-state index is 13.8. The van der Waals surface area contributed by atoms with Gasteiger partial charge in [-0.2, -0.15) is 0 Å². The van der Waals surface area contributed by atoms with E-state index in [9.17, 15) is 4.39 Å². The molecule has 2 aliphatic heterocycles. The Balaban J connectivity index is 1.46. The molecule has 2 saturated heterocycles. The van der Waals surface area contributed by atoms with Crippen molar-refractivity contribution in [2.24, 2.45) is 0 Å². The van der Waals surface area contributed by atoms with Crippen molar-refractivity contribution < 1.29 is 9.13 Å². The fourth-order valence-corrected chi connectivity index (χ4v) is 4.02. The van der Waals surface area contributed by atoms with Gasteiger partial charge in [0, 0.05) is 29.9 Å². The van der Waals surface area contributed by atoms with E-state index in [1.54, 1.807) is 12.1 Å². The number of nitrogens with zero attached hydrogens (tertiary/aromatic N) is 1. The van der Waals surface area contributed by atoms with E-state index in [0.717, 1.165) is 18.9 Å². The first-order valence-electron chi connectivity index (χ1n) is 7.70. The second-order valence-corrected chi connectivity index (χ2v) is 6.46. The number of piperidine rings is 1. The van der Waals surface area contributed by atoms with Crippen molar-refractivity contribution in [3.63, 3.8) is 0 Å². The SMILES string of the molecule is Nc1ccc(O[C@H]2C[C@H]3CC[C@@H](C2)N3C2CC2)c(F)c1. The van der Waals surface area contributed by atoms with Gasteiger partial charge < -0.3 is 10.5 Å². The molecule has 3 aliphatic rings. The molecule has 1 aromatic carbocycles. The van der Waals surface area contributed by atoms with Gasteiger partial charge in [0.15, 0.2) is 11.6 Å². The van der Waals surface area contributed by atoms with Gasteiger partial charge in [-0.05, 0) is 50.7 Å². The van der Waals surface area contributed by atoms with E-state index in [0.29, 0.717) is 23.5 Å². The summed E-state index contributed by atoms with van der Waals surface area (Å²) in [5.74, 6) is 0.00504. The lowest BCUT2D eigenvalue weighted by molar-refractivity contribution is 0.0424. The van der Waals surface area contributed by atoms with E-state index in [2.05, 4.69) is 4.90 Å². The van der Waals surface area contributed by atoms with Gasteiger partial charge in [0.2, 0.25) is 0 Å². The smallest absolute Gasteiger partial charge is 0.167 e. The molecule has 4 rings (SSSR count). The maximum absolute atomic E-state index is 13.8. The summed E-state index contributed by atoms with van der Waals surface area (Å²) in [6, 6.07) is 6.84. The summed E-state index contributed by atoms with van der Waals surface area (Å²) >= 11 is 0. The van der Waals surface area contributed by atoms with Gasteiger partial charge in [0.25, 0.3) is 0 Å². The Morgan fingerprint density at radius 3 is 2.30 bits per heavy atom. The minimum atomic E-state index is -0.345. The lowest BCUT2D eigenvalue weighted by Gasteiger charge is -2.39. The second kappa shape index (κ2) is 4.62. The number of halogens is 1. The van der Waals surface area contributed by atoms with Crippen LogP contribution in [0.15, 0.2) is 18.2 Å². The summed E-state index contributed by atoms with van der Waals surface area (Å²) in [4.78, 5) is 2.72. The zero-order chi connectivity index (χ0) is 13.7. The van der Waals surface area contributed by atoms with Crippen molar-refractivity contribution in [1.29, 1.82) is 0 Å². The highest BCUT2D eigenvalue weighted by Crippen LogP contribution is 2.44. The van der Waals surface area contributed by atoms with Crippen molar-refractivity contribution in [2.75, 3.05) is 5.73 Å². The predicted molar refractivity (Wildman–Crippen MR) is 76.1 cm³/mol. The lowest BCUT2D eigenvalue weighted by Crippen LogP contribution is -2.47. The molecule has 4 heteroatoms. The monoisotopic (exact) mass is 276 g/mol. The molecule has 2 bridgehead atoms. The summed E-state index contributed by atoms with van der Waals surface area (Å²) in [6.45, 7) is 0. The Morgan fingerprint density at radius 1 is 1.05 bits per heavy atom. The van der Waals surface area contributed by atoms with Crippen molar-refractivity contribution >= 4 is 5.69 Å². The number of hydrogen-bond acceptors (Lipinski definition) is 3.